The molecule has 2 rings (SSSR count). The third-order valence-corrected chi connectivity index (χ3v) is 4.67. The van der Waals surface area contributed by atoms with Crippen molar-refractivity contribution in [3.63, 3.8) is 0 Å². The van der Waals surface area contributed by atoms with Crippen molar-refractivity contribution in [3.8, 4) is 0 Å². The van der Waals surface area contributed by atoms with E-state index >= 15 is 0 Å². The molecule has 2 aliphatic rings. The number of hydrogen-bond acceptors (Lipinski definition) is 5. The summed E-state index contributed by atoms with van der Waals surface area (Å²) in [6.45, 7) is 4.54. The van der Waals surface area contributed by atoms with E-state index in [9.17, 15) is 0 Å². The Hall–Kier alpha value is 0.0900. The van der Waals surface area contributed by atoms with Gasteiger partial charge in [-0.15, -0.1) is 0 Å². The Balaban J connectivity index is 1.91. The highest BCUT2D eigenvalue weighted by Crippen LogP contribution is 2.32. The third kappa shape index (κ3) is 2.12. The first kappa shape index (κ1) is 9.64. The summed E-state index contributed by atoms with van der Waals surface area (Å²) in [6, 6.07) is 0. The lowest BCUT2D eigenvalue weighted by molar-refractivity contribution is -0.568. The van der Waals surface area contributed by atoms with Crippen molar-refractivity contribution in [1.29, 1.82) is 0 Å². The topological polar surface area (TPSA) is 35.5 Å². The van der Waals surface area contributed by atoms with Gasteiger partial charge < -0.3 is 4.90 Å². The molecule has 0 saturated carbocycles. The SMILES string of the molecule is CN1CCN(C2SSC=[N+]2N)CC1. The van der Waals surface area contributed by atoms with Gasteiger partial charge in [0.05, 0.1) is 0 Å². The average molecular weight is 219 g/mol. The maximum atomic E-state index is 5.83. The molecule has 0 aromatic rings. The smallest absolute Gasteiger partial charge is 0.296 e. The molecule has 2 aliphatic heterocycles. The second-order valence-corrected chi connectivity index (χ2v) is 5.58. The quantitative estimate of drug-likeness (QED) is 0.376. The van der Waals surface area contributed by atoms with Crippen LogP contribution in [0.2, 0.25) is 0 Å². The van der Waals surface area contributed by atoms with Crippen molar-refractivity contribution < 1.29 is 4.68 Å². The van der Waals surface area contributed by atoms with Crippen LogP contribution in [0.15, 0.2) is 0 Å². The molecule has 0 bridgehead atoms. The second-order valence-electron chi connectivity index (χ2n) is 3.41. The maximum absolute atomic E-state index is 5.83. The third-order valence-electron chi connectivity index (χ3n) is 2.41. The largest absolute Gasteiger partial charge is 0.304 e. The molecule has 0 aromatic heterocycles. The molecular formula is C7H15N4S2+. The fourth-order valence-corrected chi connectivity index (χ4v) is 3.86. The van der Waals surface area contributed by atoms with Crippen molar-refractivity contribution in [1.82, 2.24) is 9.80 Å². The van der Waals surface area contributed by atoms with Crippen LogP contribution in [-0.4, -0.2) is 58.8 Å². The molecule has 74 valence electrons. The van der Waals surface area contributed by atoms with E-state index in [4.69, 9.17) is 5.84 Å². The van der Waals surface area contributed by atoms with Gasteiger partial charge in [-0.05, 0) is 7.05 Å². The van der Waals surface area contributed by atoms with Gasteiger partial charge in [-0.2, -0.15) is 0 Å². The highest BCUT2D eigenvalue weighted by Gasteiger charge is 2.34. The van der Waals surface area contributed by atoms with E-state index in [-0.39, 0.29) is 0 Å². The highest BCUT2D eigenvalue weighted by atomic mass is 33.1. The Morgan fingerprint density at radius 3 is 2.62 bits per heavy atom. The molecule has 6 heteroatoms. The number of piperazine rings is 1. The first-order valence-corrected chi connectivity index (χ1v) is 6.66. The molecule has 0 aliphatic carbocycles. The highest BCUT2D eigenvalue weighted by molar-refractivity contribution is 8.82. The normalized spacial score (nSPS) is 32.1. The summed E-state index contributed by atoms with van der Waals surface area (Å²) in [5, 5.41) is 0. The van der Waals surface area contributed by atoms with Gasteiger partial charge in [0.15, 0.2) is 0 Å². The molecule has 2 N–H and O–H groups in total. The second kappa shape index (κ2) is 4.08. The number of hydrazone groups is 1. The minimum absolute atomic E-state index is 0.346. The number of nitrogens with zero attached hydrogens (tertiary/aromatic N) is 3. The molecule has 0 radical (unpaired) electrons. The van der Waals surface area contributed by atoms with Crippen molar-refractivity contribution >= 4 is 27.1 Å². The maximum Gasteiger partial charge on any atom is 0.296 e. The lowest BCUT2D eigenvalue weighted by Crippen LogP contribution is -2.51. The molecule has 0 amide bonds. The van der Waals surface area contributed by atoms with Gasteiger partial charge in [-0.1, -0.05) is 4.68 Å². The van der Waals surface area contributed by atoms with Crippen LogP contribution in [0.5, 0.6) is 0 Å². The van der Waals surface area contributed by atoms with Crippen LogP contribution < -0.4 is 5.84 Å². The number of rotatable bonds is 1. The van der Waals surface area contributed by atoms with Gasteiger partial charge >= 0.3 is 0 Å². The van der Waals surface area contributed by atoms with Gasteiger partial charge in [0, 0.05) is 47.8 Å². The first-order chi connectivity index (χ1) is 6.27. The molecule has 1 atom stereocenters. The van der Waals surface area contributed by atoms with Gasteiger partial charge in [-0.3, -0.25) is 0 Å². The summed E-state index contributed by atoms with van der Waals surface area (Å²) >= 11 is 0. The lowest BCUT2D eigenvalue weighted by atomic mass is 10.3. The van der Waals surface area contributed by atoms with Crippen LogP contribution >= 0.6 is 21.6 Å². The zero-order valence-electron chi connectivity index (χ0n) is 7.72. The lowest BCUT2D eigenvalue weighted by Gasteiger charge is -2.32. The van der Waals surface area contributed by atoms with Gasteiger partial charge in [0.25, 0.3) is 5.50 Å². The Morgan fingerprint density at radius 1 is 1.38 bits per heavy atom. The van der Waals surface area contributed by atoms with E-state index in [1.54, 1.807) is 15.5 Å². The predicted molar refractivity (Wildman–Crippen MR) is 58.6 cm³/mol. The molecule has 4 nitrogen and oxygen atoms in total. The monoisotopic (exact) mass is 219 g/mol. The first-order valence-electron chi connectivity index (χ1n) is 4.38. The van der Waals surface area contributed by atoms with Gasteiger partial charge in [-0.25, -0.2) is 10.7 Å². The molecule has 1 fully saturated rings. The van der Waals surface area contributed by atoms with E-state index in [0.717, 1.165) is 26.2 Å². The molecule has 2 heterocycles. The van der Waals surface area contributed by atoms with E-state index in [1.165, 1.54) is 0 Å². The summed E-state index contributed by atoms with van der Waals surface area (Å²) < 4.78 is 1.81. The Kier molecular flexibility index (Phi) is 3.02. The minimum atomic E-state index is 0.346. The molecule has 0 spiro atoms. The predicted octanol–water partition coefficient (Wildman–Crippen LogP) is -0.173. The number of likely N-dealkylation sites (N-methyl/N-ethyl adjacent to an activating group) is 1. The summed E-state index contributed by atoms with van der Waals surface area (Å²) in [7, 11) is 5.72. The van der Waals surface area contributed by atoms with Crippen LogP contribution in [0, 0.1) is 0 Å². The summed E-state index contributed by atoms with van der Waals surface area (Å²) in [5.74, 6) is 5.83. The Morgan fingerprint density at radius 2 is 2.08 bits per heavy atom. The van der Waals surface area contributed by atoms with Crippen molar-refractivity contribution in [2.75, 3.05) is 33.2 Å². The van der Waals surface area contributed by atoms with Crippen LogP contribution in [0.3, 0.4) is 0 Å². The van der Waals surface area contributed by atoms with Crippen molar-refractivity contribution in [2.45, 2.75) is 5.50 Å². The summed E-state index contributed by atoms with van der Waals surface area (Å²) in [5.41, 5.74) is 2.33. The van der Waals surface area contributed by atoms with Gasteiger partial charge in [0.2, 0.25) is 5.55 Å². The average Bonchev–Trinajstić information content (AvgIpc) is 2.53. The molecular weight excluding hydrogens is 204 g/mol. The van der Waals surface area contributed by atoms with E-state index < -0.39 is 0 Å². The van der Waals surface area contributed by atoms with E-state index in [1.807, 2.05) is 16.3 Å². The standard InChI is InChI=1S/C7H15N4S2/c1-9-2-4-10(5-3-9)7-11(8)6-12-13-7/h6-7H,2-5,8H2,1H3/q+1. The zero-order valence-corrected chi connectivity index (χ0v) is 9.35. The van der Waals surface area contributed by atoms with E-state index in [0.29, 0.717) is 5.50 Å². The minimum Gasteiger partial charge on any atom is -0.304 e. The summed E-state index contributed by atoms with van der Waals surface area (Å²) in [6.07, 6.45) is 0. The van der Waals surface area contributed by atoms with Crippen LogP contribution in [0.4, 0.5) is 0 Å². The zero-order chi connectivity index (χ0) is 9.26. The fourth-order valence-electron chi connectivity index (χ4n) is 1.52. The Bertz CT molecular complexity index is 213. The number of hydrazine groups is 1. The molecule has 1 saturated heterocycles. The summed E-state index contributed by atoms with van der Waals surface area (Å²) in [4.78, 5) is 4.79. The van der Waals surface area contributed by atoms with Crippen molar-refractivity contribution in [2.24, 2.45) is 5.84 Å². The van der Waals surface area contributed by atoms with Crippen LogP contribution in [-0.2, 0) is 0 Å². The molecule has 13 heavy (non-hydrogen) atoms. The fraction of sp³-hybridized carbons (Fsp3) is 0.857. The number of nitrogens with two attached hydrogens (primary N) is 1. The van der Waals surface area contributed by atoms with Crippen LogP contribution in [0.1, 0.15) is 0 Å². The molecule has 1 unspecified atom stereocenters. The van der Waals surface area contributed by atoms with Crippen LogP contribution in [0.25, 0.3) is 0 Å². The van der Waals surface area contributed by atoms with E-state index in [2.05, 4.69) is 16.8 Å². The van der Waals surface area contributed by atoms with Gasteiger partial charge in [0.1, 0.15) is 0 Å². The Labute approximate surface area is 86.5 Å². The number of hydrogen-bond donors (Lipinski definition) is 1. The molecule has 0 aromatic carbocycles. The van der Waals surface area contributed by atoms with Crippen molar-refractivity contribution in [3.05, 3.63) is 0 Å².